The summed E-state index contributed by atoms with van der Waals surface area (Å²) in [5, 5.41) is 13.9. The molecular formula is C89H66BClN6O4. The molecule has 19 rings (SSSR count). The minimum atomic E-state index is -0.399. The largest absolute Gasteiger partial charge is 0.495 e. The van der Waals surface area contributed by atoms with Gasteiger partial charge >= 0.3 is 7.12 Å². The van der Waals surface area contributed by atoms with Crippen molar-refractivity contribution >= 4 is 111 Å². The molecule has 101 heavy (non-hydrogen) atoms. The number of furan rings is 2. The molecule has 0 spiro atoms. The minimum absolute atomic E-state index is 0. The van der Waals surface area contributed by atoms with Crippen LogP contribution in [0.15, 0.2) is 312 Å². The lowest BCUT2D eigenvalue weighted by Crippen LogP contribution is -2.41. The fourth-order valence-corrected chi connectivity index (χ4v) is 13.8. The van der Waals surface area contributed by atoms with E-state index >= 15 is 0 Å². The van der Waals surface area contributed by atoms with Crippen LogP contribution in [0.2, 0.25) is 5.28 Å². The lowest BCUT2D eigenvalue weighted by atomic mass is 9.75. The molecule has 4 aromatic heterocycles. The fraction of sp³-hybridized carbons (Fsp3) is 0.0787. The predicted octanol–water partition coefficient (Wildman–Crippen LogP) is 23.1. The molecule has 18 aromatic rings. The van der Waals surface area contributed by atoms with Gasteiger partial charge in [-0.1, -0.05) is 268 Å². The van der Waals surface area contributed by atoms with E-state index in [1.807, 2.05) is 115 Å². The molecule has 0 amide bonds. The van der Waals surface area contributed by atoms with E-state index in [2.05, 4.69) is 231 Å². The Bertz CT molecular complexity index is 6160. The highest BCUT2D eigenvalue weighted by molar-refractivity contribution is 6.65. The normalized spacial score (nSPS) is 13.2. The van der Waals surface area contributed by atoms with Gasteiger partial charge < -0.3 is 18.1 Å². The first kappa shape index (κ1) is 63.7. The molecule has 1 saturated heterocycles. The summed E-state index contributed by atoms with van der Waals surface area (Å²) in [6, 6.07) is 104. The van der Waals surface area contributed by atoms with Gasteiger partial charge in [0.15, 0.2) is 29.1 Å². The van der Waals surface area contributed by atoms with E-state index in [0.717, 1.165) is 115 Å². The number of hydrogen-bond acceptors (Lipinski definition) is 10. The summed E-state index contributed by atoms with van der Waals surface area (Å²) in [6.45, 7) is 8.37. The van der Waals surface area contributed by atoms with Crippen molar-refractivity contribution in [1.29, 1.82) is 0 Å². The summed E-state index contributed by atoms with van der Waals surface area (Å²) in [7, 11) is -0.399. The highest BCUT2D eigenvalue weighted by atomic mass is 35.5. The van der Waals surface area contributed by atoms with E-state index in [9.17, 15) is 0 Å². The molecule has 0 saturated carbocycles. The average molecular weight is 1330 g/mol. The van der Waals surface area contributed by atoms with Crippen molar-refractivity contribution < 1.29 is 18.1 Å². The maximum absolute atomic E-state index is 6.38. The number of rotatable bonds is 8. The van der Waals surface area contributed by atoms with Crippen molar-refractivity contribution in [3.63, 3.8) is 0 Å². The van der Waals surface area contributed by atoms with Crippen LogP contribution in [0.1, 0.15) is 35.1 Å². The standard InChI is InChI=1S/C41H25N3O.C28H25BO3.C19H12ClN3.CH4/c1-2-12-27(13-3-1)39-42-40(29-22-21-26-11-4-5-14-28(26)25-29)44-41(43-39)34-24-23-32(30-15-6-7-16-31(30)34)33-18-10-20-37-38(33)35-17-8-9-19-36(35)45-37;1-27(2)28(3,4)32-29(31-27)23-17-16-19(18-10-5-6-11-20(18)23)21-13-9-15-25-26(21)22-12-7-8-14-24(22)30-25;20-19-22-17(14-7-2-1-3-8-14)21-18(23-19)16-11-10-13-6-4-5-9-15(13)12-16;/h1-25H;5-17H,1-4H3;1-12H;1H4. The first-order valence-corrected chi connectivity index (χ1v) is 33.8. The molecular weight excluding hydrogens is 1260 g/mol. The third-order valence-electron chi connectivity index (χ3n) is 19.3. The Morgan fingerprint density at radius 3 is 1.14 bits per heavy atom. The van der Waals surface area contributed by atoms with Gasteiger partial charge in [0.2, 0.25) is 5.28 Å². The molecule has 12 heteroatoms. The van der Waals surface area contributed by atoms with Crippen molar-refractivity contribution in [2.75, 3.05) is 0 Å². The number of halogens is 1. The number of aromatic nitrogens is 6. The molecule has 486 valence electrons. The molecule has 0 bridgehead atoms. The Labute approximate surface area is 589 Å². The zero-order valence-corrected chi connectivity index (χ0v) is 55.9. The molecule has 10 nitrogen and oxygen atoms in total. The van der Waals surface area contributed by atoms with Crippen LogP contribution in [0.4, 0.5) is 0 Å². The van der Waals surface area contributed by atoms with Crippen LogP contribution < -0.4 is 5.46 Å². The maximum Gasteiger partial charge on any atom is 0.495 e. The molecule has 0 N–H and O–H groups in total. The van der Waals surface area contributed by atoms with Gasteiger partial charge in [-0.15, -0.1) is 0 Å². The molecule has 1 aliphatic rings. The molecule has 14 aromatic carbocycles. The van der Waals surface area contributed by atoms with Crippen molar-refractivity contribution in [3.8, 4) is 79.2 Å². The first-order chi connectivity index (χ1) is 48.9. The van der Waals surface area contributed by atoms with E-state index in [4.69, 9.17) is 44.7 Å². The molecule has 0 atom stereocenters. The van der Waals surface area contributed by atoms with E-state index in [-0.39, 0.29) is 23.9 Å². The van der Waals surface area contributed by atoms with Gasteiger partial charge in [0.1, 0.15) is 22.3 Å². The lowest BCUT2D eigenvalue weighted by Gasteiger charge is -2.32. The van der Waals surface area contributed by atoms with Gasteiger partial charge in [-0.05, 0) is 153 Å². The van der Waals surface area contributed by atoms with Crippen LogP contribution in [-0.4, -0.2) is 48.2 Å². The summed E-state index contributed by atoms with van der Waals surface area (Å²) in [5.74, 6) is 3.09. The van der Waals surface area contributed by atoms with Gasteiger partial charge in [-0.2, -0.15) is 9.97 Å². The Morgan fingerprint density at radius 1 is 0.277 bits per heavy atom. The Morgan fingerprint density at radius 2 is 0.634 bits per heavy atom. The van der Waals surface area contributed by atoms with Crippen LogP contribution >= 0.6 is 11.6 Å². The average Bonchev–Trinajstić information content (AvgIpc) is 1.69. The van der Waals surface area contributed by atoms with Crippen LogP contribution in [-0.2, 0) is 9.31 Å². The van der Waals surface area contributed by atoms with Crippen LogP contribution in [0.5, 0.6) is 0 Å². The number of para-hydroxylation sites is 2. The first-order valence-electron chi connectivity index (χ1n) is 33.4. The van der Waals surface area contributed by atoms with Crippen molar-refractivity contribution in [3.05, 3.63) is 309 Å². The van der Waals surface area contributed by atoms with Gasteiger partial charge in [-0.25, -0.2) is 19.9 Å². The second-order valence-corrected chi connectivity index (χ2v) is 26.3. The Hall–Kier alpha value is -12.0. The van der Waals surface area contributed by atoms with E-state index in [1.54, 1.807) is 0 Å². The fourth-order valence-electron chi connectivity index (χ4n) is 13.7. The third kappa shape index (κ3) is 12.0. The number of benzene rings is 14. The van der Waals surface area contributed by atoms with Gasteiger partial charge in [0, 0.05) is 49.4 Å². The Kier molecular flexibility index (Phi) is 16.6. The maximum atomic E-state index is 6.38. The molecule has 1 fully saturated rings. The third-order valence-corrected chi connectivity index (χ3v) is 19.5. The van der Waals surface area contributed by atoms with E-state index < -0.39 is 7.12 Å². The summed E-state index contributed by atoms with van der Waals surface area (Å²) >= 11 is 6.11. The summed E-state index contributed by atoms with van der Waals surface area (Å²) in [4.78, 5) is 28.2. The lowest BCUT2D eigenvalue weighted by molar-refractivity contribution is 0.00578. The van der Waals surface area contributed by atoms with Crippen LogP contribution in [0, 0.1) is 0 Å². The smallest absolute Gasteiger partial charge is 0.456 e. The van der Waals surface area contributed by atoms with Gasteiger partial charge in [0.05, 0.1) is 11.2 Å². The van der Waals surface area contributed by atoms with Crippen molar-refractivity contribution in [1.82, 2.24) is 29.9 Å². The molecule has 0 unspecified atom stereocenters. The predicted molar refractivity (Wildman–Crippen MR) is 416 cm³/mol. The second-order valence-electron chi connectivity index (χ2n) is 26.0. The van der Waals surface area contributed by atoms with Gasteiger partial charge in [0.25, 0.3) is 0 Å². The van der Waals surface area contributed by atoms with Crippen LogP contribution in [0.25, 0.3) is 166 Å². The Balaban J connectivity index is 0.000000124. The minimum Gasteiger partial charge on any atom is -0.456 e. The zero-order chi connectivity index (χ0) is 67.5. The van der Waals surface area contributed by atoms with E-state index in [0.29, 0.717) is 29.1 Å². The molecule has 1 aliphatic heterocycles. The summed E-state index contributed by atoms with van der Waals surface area (Å²) < 4.78 is 25.1. The molecule has 5 heterocycles. The highest BCUT2D eigenvalue weighted by Gasteiger charge is 2.52. The monoisotopic (exact) mass is 1330 g/mol. The van der Waals surface area contributed by atoms with Crippen LogP contribution in [0.3, 0.4) is 0 Å². The summed E-state index contributed by atoms with van der Waals surface area (Å²) in [5.41, 5.74) is 13.2. The quantitative estimate of drug-likeness (QED) is 0.136. The SMILES string of the molecule is C.CC1(C)OB(c2ccc(-c3cccc4oc5ccccc5c34)c3ccccc23)OC1(C)C.Clc1nc(-c2ccccc2)nc(-c2ccc3ccccc3c2)n1.c1ccc(-c2nc(-c3ccc4ccccc4c3)nc(-c3ccc(-c4cccc5oc6ccccc6c45)c4ccccc34)n2)cc1. The second kappa shape index (κ2) is 26.4. The molecule has 0 radical (unpaired) electrons. The highest BCUT2D eigenvalue weighted by Crippen LogP contribution is 2.44. The summed E-state index contributed by atoms with van der Waals surface area (Å²) in [6.07, 6.45) is 0. The molecule has 0 aliphatic carbocycles. The van der Waals surface area contributed by atoms with Gasteiger partial charge in [-0.3, -0.25) is 0 Å². The number of nitrogens with zero attached hydrogens (tertiary/aromatic N) is 6. The van der Waals surface area contributed by atoms with Crippen molar-refractivity contribution in [2.24, 2.45) is 0 Å². The number of fused-ring (bicyclic) bond motifs is 10. The van der Waals surface area contributed by atoms with E-state index in [1.165, 1.54) is 27.3 Å². The zero-order valence-electron chi connectivity index (χ0n) is 55.1. The number of hydrogen-bond donors (Lipinski definition) is 0. The van der Waals surface area contributed by atoms with Crippen molar-refractivity contribution in [2.45, 2.75) is 46.3 Å². The topological polar surface area (TPSA) is 122 Å².